The van der Waals surface area contributed by atoms with Gasteiger partial charge in [-0.25, -0.2) is 4.98 Å². The maximum atomic E-state index is 12.4. The zero-order valence-electron chi connectivity index (χ0n) is 16.8. The van der Waals surface area contributed by atoms with Crippen molar-refractivity contribution in [1.82, 2.24) is 20.4 Å². The summed E-state index contributed by atoms with van der Waals surface area (Å²) in [4.78, 5) is 21.9. The van der Waals surface area contributed by atoms with E-state index in [9.17, 15) is 4.79 Å². The number of carbonyl (C=O) groups is 1. The van der Waals surface area contributed by atoms with Crippen LogP contribution < -0.4 is 10.2 Å². The molecule has 1 amide bonds. The van der Waals surface area contributed by atoms with E-state index < -0.39 is 0 Å². The minimum atomic E-state index is -0.0709. The fraction of sp³-hybridized carbons (Fsp3) is 0.571. The number of hydrogen-bond donors (Lipinski definition) is 1. The van der Waals surface area contributed by atoms with Gasteiger partial charge in [0.1, 0.15) is 11.6 Å². The molecule has 1 atom stereocenters. The van der Waals surface area contributed by atoms with Crippen molar-refractivity contribution < 1.29 is 9.32 Å². The molecule has 2 aromatic heterocycles. The standard InChI is InChI=1S/C21H29N5O2/c1-15-19(16(2)28-24-15)6-3-9-22-21(27)17-7-8-20(23-13-17)26-12-11-25-10-4-5-18(25)14-26/h7-8,13,18H,3-6,9-12,14H2,1-2H3,(H,22,27)/t18-/m0/s1. The predicted molar refractivity (Wildman–Crippen MR) is 108 cm³/mol. The minimum absolute atomic E-state index is 0.0709. The van der Waals surface area contributed by atoms with Crippen molar-refractivity contribution in [2.75, 3.05) is 37.6 Å². The van der Waals surface area contributed by atoms with Gasteiger partial charge < -0.3 is 14.7 Å². The van der Waals surface area contributed by atoms with E-state index in [1.807, 2.05) is 26.0 Å². The molecule has 1 N–H and O–H groups in total. The number of nitrogens with one attached hydrogen (secondary N) is 1. The number of fused-ring (bicyclic) bond motifs is 1. The second-order valence-electron chi connectivity index (χ2n) is 7.85. The first-order valence-electron chi connectivity index (χ1n) is 10.3. The van der Waals surface area contributed by atoms with Gasteiger partial charge in [-0.2, -0.15) is 0 Å². The smallest absolute Gasteiger partial charge is 0.252 e. The van der Waals surface area contributed by atoms with Crippen molar-refractivity contribution in [3.63, 3.8) is 0 Å². The lowest BCUT2D eigenvalue weighted by molar-refractivity contribution is 0.0953. The Hall–Kier alpha value is -2.41. The number of aromatic nitrogens is 2. The molecule has 0 bridgehead atoms. The highest BCUT2D eigenvalue weighted by Gasteiger charge is 2.30. The molecule has 0 saturated carbocycles. The molecule has 7 nitrogen and oxygen atoms in total. The van der Waals surface area contributed by atoms with E-state index >= 15 is 0 Å². The van der Waals surface area contributed by atoms with Crippen molar-refractivity contribution in [3.05, 3.63) is 40.9 Å². The molecule has 2 fully saturated rings. The number of rotatable bonds is 6. The van der Waals surface area contributed by atoms with Crippen LogP contribution in [-0.4, -0.2) is 59.7 Å². The van der Waals surface area contributed by atoms with Crippen LogP contribution in [0.2, 0.25) is 0 Å². The summed E-state index contributed by atoms with van der Waals surface area (Å²) in [5.74, 6) is 1.77. The van der Waals surface area contributed by atoms with Crippen molar-refractivity contribution in [2.24, 2.45) is 0 Å². The Bertz CT molecular complexity index is 797. The van der Waals surface area contributed by atoms with E-state index in [1.165, 1.54) is 19.4 Å². The van der Waals surface area contributed by atoms with Gasteiger partial charge >= 0.3 is 0 Å². The first-order chi connectivity index (χ1) is 13.6. The molecule has 4 heterocycles. The highest BCUT2D eigenvalue weighted by molar-refractivity contribution is 5.94. The number of nitrogens with zero attached hydrogens (tertiary/aromatic N) is 4. The monoisotopic (exact) mass is 383 g/mol. The average Bonchev–Trinajstić information content (AvgIpc) is 3.31. The summed E-state index contributed by atoms with van der Waals surface area (Å²) in [7, 11) is 0. The van der Waals surface area contributed by atoms with Crippen LogP contribution in [0.15, 0.2) is 22.9 Å². The first kappa shape index (κ1) is 18.9. The molecule has 0 radical (unpaired) electrons. The zero-order valence-corrected chi connectivity index (χ0v) is 16.8. The van der Waals surface area contributed by atoms with Crippen LogP contribution in [0.4, 0.5) is 5.82 Å². The number of pyridine rings is 1. The van der Waals surface area contributed by atoms with Crippen LogP contribution in [0.1, 0.15) is 46.6 Å². The highest BCUT2D eigenvalue weighted by Crippen LogP contribution is 2.24. The van der Waals surface area contributed by atoms with Gasteiger partial charge in [-0.05, 0) is 58.2 Å². The van der Waals surface area contributed by atoms with Gasteiger partial charge in [0.25, 0.3) is 5.91 Å². The van der Waals surface area contributed by atoms with E-state index in [2.05, 4.69) is 25.3 Å². The molecule has 0 spiro atoms. The lowest BCUT2D eigenvalue weighted by atomic mass is 10.1. The highest BCUT2D eigenvalue weighted by atomic mass is 16.5. The molecule has 2 aliphatic rings. The fourth-order valence-electron chi connectivity index (χ4n) is 4.33. The third-order valence-corrected chi connectivity index (χ3v) is 5.99. The summed E-state index contributed by atoms with van der Waals surface area (Å²) in [6, 6.07) is 4.52. The lowest BCUT2D eigenvalue weighted by Gasteiger charge is -2.38. The molecule has 0 aliphatic carbocycles. The van der Waals surface area contributed by atoms with E-state index in [4.69, 9.17) is 4.52 Å². The Morgan fingerprint density at radius 2 is 2.18 bits per heavy atom. The average molecular weight is 383 g/mol. The maximum absolute atomic E-state index is 12.4. The predicted octanol–water partition coefficient (Wildman–Crippen LogP) is 2.33. The SMILES string of the molecule is Cc1noc(C)c1CCCNC(=O)c1ccc(N2CCN3CCC[C@H]3C2)nc1. The molecule has 0 aromatic carbocycles. The van der Waals surface area contributed by atoms with Crippen LogP contribution in [0.5, 0.6) is 0 Å². The largest absolute Gasteiger partial charge is 0.361 e. The summed E-state index contributed by atoms with van der Waals surface area (Å²) in [6.45, 7) is 8.89. The summed E-state index contributed by atoms with van der Waals surface area (Å²) in [6.07, 6.45) is 5.99. The number of carbonyl (C=O) groups excluding carboxylic acids is 1. The fourth-order valence-corrected chi connectivity index (χ4v) is 4.33. The maximum Gasteiger partial charge on any atom is 0.252 e. The molecule has 0 unspecified atom stereocenters. The Labute approximate surface area is 166 Å². The van der Waals surface area contributed by atoms with E-state index in [0.717, 1.165) is 55.3 Å². The van der Waals surface area contributed by atoms with Crippen LogP contribution in [0.3, 0.4) is 0 Å². The molecule has 28 heavy (non-hydrogen) atoms. The van der Waals surface area contributed by atoms with Crippen LogP contribution >= 0.6 is 0 Å². The van der Waals surface area contributed by atoms with Gasteiger partial charge in [-0.3, -0.25) is 9.69 Å². The third kappa shape index (κ3) is 4.04. The number of anilines is 1. The number of piperazine rings is 1. The third-order valence-electron chi connectivity index (χ3n) is 5.99. The second-order valence-corrected chi connectivity index (χ2v) is 7.85. The Morgan fingerprint density at radius 3 is 2.93 bits per heavy atom. The molecule has 2 aliphatic heterocycles. The topological polar surface area (TPSA) is 74.5 Å². The number of amides is 1. The van der Waals surface area contributed by atoms with E-state index in [1.54, 1.807) is 6.20 Å². The number of aryl methyl sites for hydroxylation is 2. The summed E-state index contributed by atoms with van der Waals surface area (Å²) in [5.41, 5.74) is 2.69. The quantitative estimate of drug-likeness (QED) is 0.772. The van der Waals surface area contributed by atoms with Crippen molar-refractivity contribution in [3.8, 4) is 0 Å². The second kappa shape index (κ2) is 8.31. The zero-order chi connectivity index (χ0) is 19.5. The van der Waals surface area contributed by atoms with Crippen LogP contribution in [-0.2, 0) is 6.42 Å². The van der Waals surface area contributed by atoms with E-state index in [-0.39, 0.29) is 5.91 Å². The van der Waals surface area contributed by atoms with Gasteiger partial charge in [0, 0.05) is 44.0 Å². The van der Waals surface area contributed by atoms with Crippen molar-refractivity contribution >= 4 is 11.7 Å². The Morgan fingerprint density at radius 1 is 1.29 bits per heavy atom. The van der Waals surface area contributed by atoms with Gasteiger partial charge in [0.15, 0.2) is 0 Å². The number of hydrogen-bond acceptors (Lipinski definition) is 6. The van der Waals surface area contributed by atoms with Gasteiger partial charge in [0.2, 0.25) is 0 Å². The minimum Gasteiger partial charge on any atom is -0.361 e. The van der Waals surface area contributed by atoms with Crippen molar-refractivity contribution in [2.45, 2.75) is 45.6 Å². The van der Waals surface area contributed by atoms with E-state index in [0.29, 0.717) is 18.2 Å². The van der Waals surface area contributed by atoms with Crippen LogP contribution in [0, 0.1) is 13.8 Å². The summed E-state index contributed by atoms with van der Waals surface area (Å²) >= 11 is 0. The van der Waals surface area contributed by atoms with Crippen molar-refractivity contribution in [1.29, 1.82) is 0 Å². The summed E-state index contributed by atoms with van der Waals surface area (Å²) < 4.78 is 5.17. The normalized spacial score (nSPS) is 19.6. The van der Waals surface area contributed by atoms with Crippen LogP contribution in [0.25, 0.3) is 0 Å². The molecule has 4 rings (SSSR count). The summed E-state index contributed by atoms with van der Waals surface area (Å²) in [5, 5.41) is 6.94. The molecule has 150 valence electrons. The molecule has 2 aromatic rings. The molecular formula is C21H29N5O2. The lowest BCUT2D eigenvalue weighted by Crippen LogP contribution is -2.50. The van der Waals surface area contributed by atoms with Gasteiger partial charge in [0.05, 0.1) is 11.3 Å². The molecular weight excluding hydrogens is 354 g/mol. The molecule has 2 saturated heterocycles. The Balaban J connectivity index is 1.26. The molecule has 7 heteroatoms. The van der Waals surface area contributed by atoms with Gasteiger partial charge in [-0.1, -0.05) is 5.16 Å². The Kier molecular flexibility index (Phi) is 5.62. The first-order valence-corrected chi connectivity index (χ1v) is 10.3. The van der Waals surface area contributed by atoms with Gasteiger partial charge in [-0.15, -0.1) is 0 Å².